The third-order valence-corrected chi connectivity index (χ3v) is 5.52. The van der Waals surface area contributed by atoms with E-state index in [1.807, 2.05) is 13.0 Å². The molecule has 1 N–H and O–H groups in total. The summed E-state index contributed by atoms with van der Waals surface area (Å²) in [6.07, 6.45) is 3.33. The summed E-state index contributed by atoms with van der Waals surface area (Å²) in [6.45, 7) is -0.482. The van der Waals surface area contributed by atoms with Crippen molar-refractivity contribution >= 4 is 11.7 Å². The van der Waals surface area contributed by atoms with Gasteiger partial charge in [-0.05, 0) is 49.1 Å². The molecule has 1 aliphatic heterocycles. The number of ether oxygens (including phenoxy) is 1. The molecule has 5 nitrogen and oxygen atoms in total. The number of nitrogens with zero attached hydrogens (tertiary/aromatic N) is 2. The zero-order chi connectivity index (χ0) is 19.8. The Balaban J connectivity index is 1.46. The lowest BCUT2D eigenvalue weighted by molar-refractivity contribution is -0.175. The van der Waals surface area contributed by atoms with Crippen LogP contribution < -0.4 is 5.32 Å². The fraction of sp³-hybridized carbons (Fsp3) is 0.400. The molecule has 1 saturated heterocycles. The number of hydrogen-bond acceptors (Lipinski definition) is 3. The quantitative estimate of drug-likeness (QED) is 0.839. The van der Waals surface area contributed by atoms with E-state index in [0.717, 1.165) is 17.3 Å². The number of amides is 2. The standard InChI is InChI=1S/C20H20F3N3O2/c1-11-2-3-15(6-17(11)12-4-14(21)9-24-8-12)25-20(27)26-10-13-5-16(26)7-18(13)28-19(22)23/h2-4,6,8-9,13,16,18-19H,5,7,10H2,1H3,(H,25,27). The zero-order valence-corrected chi connectivity index (χ0v) is 15.2. The second-order valence-corrected chi connectivity index (χ2v) is 7.32. The zero-order valence-electron chi connectivity index (χ0n) is 15.2. The van der Waals surface area contributed by atoms with Crippen LogP contribution in [0.15, 0.2) is 36.7 Å². The normalized spacial score (nSPS) is 23.5. The molecule has 1 saturated carbocycles. The van der Waals surface area contributed by atoms with Crippen molar-refractivity contribution in [3.05, 3.63) is 48.0 Å². The van der Waals surface area contributed by atoms with Crippen molar-refractivity contribution in [3.63, 3.8) is 0 Å². The Morgan fingerprint density at radius 3 is 2.79 bits per heavy atom. The van der Waals surface area contributed by atoms with Gasteiger partial charge in [-0.1, -0.05) is 6.07 Å². The molecule has 1 aromatic heterocycles. The van der Waals surface area contributed by atoms with Crippen molar-refractivity contribution in [1.82, 2.24) is 9.88 Å². The number of carbonyl (C=O) groups is 1. The van der Waals surface area contributed by atoms with Gasteiger partial charge in [0.25, 0.3) is 0 Å². The second-order valence-electron chi connectivity index (χ2n) is 7.32. The number of anilines is 1. The first-order valence-electron chi connectivity index (χ1n) is 9.13. The number of aromatic nitrogens is 1. The van der Waals surface area contributed by atoms with Gasteiger partial charge in [0.1, 0.15) is 5.82 Å². The van der Waals surface area contributed by atoms with Crippen LogP contribution >= 0.6 is 0 Å². The van der Waals surface area contributed by atoms with Crippen LogP contribution in [-0.2, 0) is 4.74 Å². The molecular weight excluding hydrogens is 371 g/mol. The largest absolute Gasteiger partial charge is 0.345 e. The van der Waals surface area contributed by atoms with Crippen LogP contribution in [0.5, 0.6) is 0 Å². The van der Waals surface area contributed by atoms with Gasteiger partial charge in [0, 0.05) is 36.0 Å². The average Bonchev–Trinajstić information content (AvgIpc) is 3.23. The highest BCUT2D eigenvalue weighted by molar-refractivity contribution is 5.91. The molecule has 0 spiro atoms. The maximum absolute atomic E-state index is 13.5. The number of hydrogen-bond donors (Lipinski definition) is 1. The summed E-state index contributed by atoms with van der Waals surface area (Å²) < 4.78 is 43.0. The molecule has 1 aromatic carbocycles. The van der Waals surface area contributed by atoms with Crippen molar-refractivity contribution in [2.24, 2.45) is 5.92 Å². The van der Waals surface area contributed by atoms with E-state index >= 15 is 0 Å². The third-order valence-electron chi connectivity index (χ3n) is 5.52. The molecular formula is C20H20F3N3O2. The Hall–Kier alpha value is -2.61. The van der Waals surface area contributed by atoms with E-state index in [0.29, 0.717) is 30.6 Å². The van der Waals surface area contributed by atoms with E-state index in [2.05, 4.69) is 15.0 Å². The summed E-state index contributed by atoms with van der Waals surface area (Å²) in [4.78, 5) is 18.2. The molecule has 148 valence electrons. The van der Waals surface area contributed by atoms with Crippen molar-refractivity contribution in [2.75, 3.05) is 11.9 Å². The molecule has 2 aliphatic rings. The first kappa shape index (κ1) is 18.7. The predicted octanol–water partition coefficient (Wildman–Crippen LogP) is 4.43. The summed E-state index contributed by atoms with van der Waals surface area (Å²) in [5, 5.41) is 2.86. The van der Waals surface area contributed by atoms with Gasteiger partial charge in [-0.25, -0.2) is 9.18 Å². The Kier molecular flexibility index (Phi) is 4.97. The Bertz CT molecular complexity index is 893. The van der Waals surface area contributed by atoms with Crippen LogP contribution in [0.3, 0.4) is 0 Å². The molecule has 3 atom stereocenters. The van der Waals surface area contributed by atoms with Gasteiger partial charge < -0.3 is 15.0 Å². The highest BCUT2D eigenvalue weighted by atomic mass is 19.3. The van der Waals surface area contributed by atoms with E-state index in [4.69, 9.17) is 0 Å². The minimum Gasteiger partial charge on any atom is -0.321 e. The first-order valence-corrected chi connectivity index (χ1v) is 9.13. The van der Waals surface area contributed by atoms with Gasteiger partial charge in [0.2, 0.25) is 0 Å². The van der Waals surface area contributed by atoms with E-state index in [-0.39, 0.29) is 18.0 Å². The number of rotatable bonds is 4. The number of benzene rings is 1. The van der Waals surface area contributed by atoms with Gasteiger partial charge >= 0.3 is 12.6 Å². The fourth-order valence-electron chi connectivity index (χ4n) is 4.22. The summed E-state index contributed by atoms with van der Waals surface area (Å²) in [5.74, 6) is -0.489. The number of likely N-dealkylation sites (tertiary alicyclic amines) is 1. The molecule has 1 aliphatic carbocycles. The van der Waals surface area contributed by atoms with Crippen LogP contribution in [0.25, 0.3) is 11.1 Å². The molecule has 2 amide bonds. The summed E-state index contributed by atoms with van der Waals surface area (Å²) in [7, 11) is 0. The van der Waals surface area contributed by atoms with Crippen LogP contribution in [0.2, 0.25) is 0 Å². The minimum atomic E-state index is -2.78. The minimum absolute atomic E-state index is 0.0586. The average molecular weight is 391 g/mol. The number of alkyl halides is 2. The Labute approximate surface area is 160 Å². The molecule has 28 heavy (non-hydrogen) atoms. The topological polar surface area (TPSA) is 54.5 Å². The number of nitrogens with one attached hydrogen (secondary N) is 1. The highest BCUT2D eigenvalue weighted by Gasteiger charge is 2.47. The number of halogens is 3. The van der Waals surface area contributed by atoms with Gasteiger partial charge in [-0.2, -0.15) is 8.78 Å². The lowest BCUT2D eigenvalue weighted by Crippen LogP contribution is -2.44. The highest BCUT2D eigenvalue weighted by Crippen LogP contribution is 2.40. The molecule has 2 aromatic rings. The Morgan fingerprint density at radius 2 is 2.11 bits per heavy atom. The first-order chi connectivity index (χ1) is 13.4. The SMILES string of the molecule is Cc1ccc(NC(=O)N2CC3CC2CC3OC(F)F)cc1-c1cncc(F)c1. The van der Waals surface area contributed by atoms with Crippen LogP contribution in [-0.4, -0.2) is 41.2 Å². The van der Waals surface area contributed by atoms with Gasteiger partial charge in [0.15, 0.2) is 0 Å². The number of carbonyl (C=O) groups excluding carboxylic acids is 1. The molecule has 8 heteroatoms. The van der Waals surface area contributed by atoms with Gasteiger partial charge in [0.05, 0.1) is 12.3 Å². The second kappa shape index (κ2) is 7.43. The van der Waals surface area contributed by atoms with Crippen LogP contribution in [0, 0.1) is 18.7 Å². The van der Waals surface area contributed by atoms with Crippen molar-refractivity contribution < 1.29 is 22.7 Å². The van der Waals surface area contributed by atoms with Crippen molar-refractivity contribution in [1.29, 1.82) is 0 Å². The number of fused-ring (bicyclic) bond motifs is 2. The number of pyridine rings is 1. The molecule has 3 unspecified atom stereocenters. The molecule has 4 rings (SSSR count). The molecule has 2 fully saturated rings. The maximum atomic E-state index is 13.5. The smallest absolute Gasteiger partial charge is 0.321 e. The van der Waals surface area contributed by atoms with Crippen LogP contribution in [0.4, 0.5) is 23.7 Å². The summed E-state index contributed by atoms with van der Waals surface area (Å²) in [6, 6.07) is 6.43. The Morgan fingerprint density at radius 1 is 1.29 bits per heavy atom. The summed E-state index contributed by atoms with van der Waals surface area (Å²) >= 11 is 0. The molecule has 2 bridgehead atoms. The van der Waals surface area contributed by atoms with E-state index in [1.165, 1.54) is 6.07 Å². The summed E-state index contributed by atoms with van der Waals surface area (Å²) in [5.41, 5.74) is 2.91. The lowest BCUT2D eigenvalue weighted by atomic mass is 10.0. The monoisotopic (exact) mass is 391 g/mol. The lowest BCUT2D eigenvalue weighted by Gasteiger charge is -2.31. The van der Waals surface area contributed by atoms with Gasteiger partial charge in [-0.3, -0.25) is 4.98 Å². The van der Waals surface area contributed by atoms with Gasteiger partial charge in [-0.15, -0.1) is 0 Å². The van der Waals surface area contributed by atoms with E-state index in [1.54, 1.807) is 23.2 Å². The fourth-order valence-corrected chi connectivity index (χ4v) is 4.22. The van der Waals surface area contributed by atoms with Crippen molar-refractivity contribution in [2.45, 2.75) is 38.5 Å². The third kappa shape index (κ3) is 3.69. The predicted molar refractivity (Wildman–Crippen MR) is 97.5 cm³/mol. The van der Waals surface area contributed by atoms with Crippen molar-refractivity contribution in [3.8, 4) is 11.1 Å². The van der Waals surface area contributed by atoms with E-state index in [9.17, 15) is 18.0 Å². The van der Waals surface area contributed by atoms with E-state index < -0.39 is 18.5 Å². The number of piperidine rings is 1. The molecule has 2 heterocycles. The number of urea groups is 1. The number of aryl methyl sites for hydroxylation is 1. The van der Waals surface area contributed by atoms with Crippen LogP contribution in [0.1, 0.15) is 18.4 Å². The molecule has 0 radical (unpaired) electrons. The maximum Gasteiger partial charge on any atom is 0.345 e.